The van der Waals surface area contributed by atoms with Gasteiger partial charge in [-0.2, -0.15) is 0 Å². The van der Waals surface area contributed by atoms with Crippen LogP contribution >= 0.6 is 25.3 Å². The molecule has 0 aromatic heterocycles. The summed E-state index contributed by atoms with van der Waals surface area (Å²) in [5.74, 6) is 0. The van der Waals surface area contributed by atoms with E-state index in [1.165, 1.54) is 40.3 Å². The summed E-state index contributed by atoms with van der Waals surface area (Å²) < 4.78 is 53.1. The molecule has 0 amide bonds. The van der Waals surface area contributed by atoms with Crippen molar-refractivity contribution < 1.29 is 16.8 Å². The number of thiol groups is 2. The van der Waals surface area contributed by atoms with E-state index in [9.17, 15) is 16.8 Å². The van der Waals surface area contributed by atoms with Gasteiger partial charge < -0.3 is 0 Å². The molecule has 0 N–H and O–H groups in total. The highest BCUT2D eigenvalue weighted by Crippen LogP contribution is 2.41. The highest BCUT2D eigenvalue weighted by molar-refractivity contribution is 7.90. The van der Waals surface area contributed by atoms with Gasteiger partial charge in [0.15, 0.2) is 0 Å². The maximum Gasteiger partial charge on any atom is 0.243 e. The molecule has 3 aromatic carbocycles. The van der Waals surface area contributed by atoms with Crippen molar-refractivity contribution >= 4 is 45.3 Å². The Morgan fingerprint density at radius 3 is 1.72 bits per heavy atom. The average Bonchev–Trinajstić information content (AvgIpc) is 2.73. The smallest absolute Gasteiger partial charge is 0.207 e. The van der Waals surface area contributed by atoms with E-state index in [1.54, 1.807) is 18.2 Å². The Hall–Kier alpha value is -1.82. The van der Waals surface area contributed by atoms with Gasteiger partial charge >= 0.3 is 0 Å². The lowest BCUT2D eigenvalue weighted by molar-refractivity contribution is 0.517. The highest BCUT2D eigenvalue weighted by atomic mass is 32.2. The molecule has 10 heteroatoms. The van der Waals surface area contributed by atoms with Crippen molar-refractivity contribution in [3.63, 3.8) is 0 Å². The molecule has 0 radical (unpaired) electrons. The molecule has 0 atom stereocenters. The molecule has 0 heterocycles. The first-order valence-electron chi connectivity index (χ1n) is 9.49. The van der Waals surface area contributed by atoms with Crippen LogP contribution in [-0.2, 0) is 20.0 Å². The fourth-order valence-corrected chi connectivity index (χ4v) is 6.38. The summed E-state index contributed by atoms with van der Waals surface area (Å²) in [6.45, 7) is 0. The molecule has 32 heavy (non-hydrogen) atoms. The molecule has 0 saturated heterocycles. The number of nitrogens with zero attached hydrogens (tertiary/aromatic N) is 2. The van der Waals surface area contributed by atoms with E-state index in [1.807, 2.05) is 30.3 Å². The van der Waals surface area contributed by atoms with Gasteiger partial charge in [0.1, 0.15) is 0 Å². The fourth-order valence-electron chi connectivity index (χ4n) is 3.21. The Morgan fingerprint density at radius 2 is 1.19 bits per heavy atom. The maximum atomic E-state index is 12.9. The van der Waals surface area contributed by atoms with Crippen LogP contribution in [0.2, 0.25) is 0 Å². The quantitative estimate of drug-likeness (QED) is 0.492. The SMILES string of the molecule is CN(C)S(=O)(=O)c1ccc(-c2ccc(S(=O)(=O)N(C)C)c(S)c2-c2ccccc2)cc1S. The molecule has 170 valence electrons. The Labute approximate surface area is 200 Å². The largest absolute Gasteiger partial charge is 0.243 e. The Bertz CT molecular complexity index is 1370. The summed E-state index contributed by atoms with van der Waals surface area (Å²) in [5, 5.41) is 0. The van der Waals surface area contributed by atoms with Crippen molar-refractivity contribution in [2.24, 2.45) is 0 Å². The van der Waals surface area contributed by atoms with Crippen molar-refractivity contribution in [1.29, 1.82) is 0 Å². The van der Waals surface area contributed by atoms with Crippen LogP contribution in [0, 0.1) is 0 Å². The van der Waals surface area contributed by atoms with E-state index in [2.05, 4.69) is 25.3 Å². The van der Waals surface area contributed by atoms with Crippen LogP contribution in [0.1, 0.15) is 0 Å². The lowest BCUT2D eigenvalue weighted by Gasteiger charge is -2.20. The summed E-state index contributed by atoms with van der Waals surface area (Å²) >= 11 is 9.04. The second kappa shape index (κ2) is 9.20. The van der Waals surface area contributed by atoms with E-state index < -0.39 is 20.0 Å². The zero-order chi connectivity index (χ0) is 23.8. The number of hydrogen-bond acceptors (Lipinski definition) is 6. The van der Waals surface area contributed by atoms with Crippen LogP contribution in [0.5, 0.6) is 0 Å². The molecule has 3 rings (SSSR count). The molecule has 3 aromatic rings. The first-order valence-corrected chi connectivity index (χ1v) is 13.3. The Kier molecular flexibility index (Phi) is 7.14. The second-order valence-corrected chi connectivity index (χ2v) is 12.6. The minimum absolute atomic E-state index is 0.0892. The van der Waals surface area contributed by atoms with E-state index in [0.717, 1.165) is 14.2 Å². The standard InChI is InChI=1S/C22H24N2O4S4/c1-23(2)31(25,26)19-12-10-16(14-18(19)29)17-11-13-20(32(27,28)24(3)4)22(30)21(17)15-8-6-5-7-9-15/h5-14,29-30H,1-4H3. The lowest BCUT2D eigenvalue weighted by atomic mass is 9.94. The zero-order valence-corrected chi connectivity index (χ0v) is 21.4. The molecular weight excluding hydrogens is 485 g/mol. The van der Waals surface area contributed by atoms with Crippen LogP contribution in [0.15, 0.2) is 80.2 Å². The van der Waals surface area contributed by atoms with E-state index in [0.29, 0.717) is 26.5 Å². The van der Waals surface area contributed by atoms with Gasteiger partial charge in [0.05, 0.1) is 9.79 Å². The molecule has 0 fully saturated rings. The van der Waals surface area contributed by atoms with E-state index in [-0.39, 0.29) is 9.79 Å². The predicted octanol–water partition coefficient (Wildman–Crippen LogP) is 4.10. The van der Waals surface area contributed by atoms with Crippen LogP contribution in [0.3, 0.4) is 0 Å². The molecule has 0 unspecified atom stereocenters. The van der Waals surface area contributed by atoms with Crippen molar-refractivity contribution in [2.45, 2.75) is 19.6 Å². The minimum atomic E-state index is -3.72. The summed E-state index contributed by atoms with van der Waals surface area (Å²) in [4.78, 5) is 0.786. The second-order valence-electron chi connectivity index (χ2n) is 7.46. The fraction of sp³-hybridized carbons (Fsp3) is 0.182. The number of rotatable bonds is 6. The third kappa shape index (κ3) is 4.48. The third-order valence-electron chi connectivity index (χ3n) is 4.99. The Morgan fingerprint density at radius 1 is 0.656 bits per heavy atom. The van der Waals surface area contributed by atoms with Crippen LogP contribution < -0.4 is 0 Å². The van der Waals surface area contributed by atoms with E-state index in [4.69, 9.17) is 0 Å². The maximum absolute atomic E-state index is 12.9. The number of sulfonamides is 2. The molecule has 0 saturated carbocycles. The minimum Gasteiger partial charge on any atom is -0.207 e. The Balaban J connectivity index is 2.31. The molecule has 0 spiro atoms. The van der Waals surface area contributed by atoms with Gasteiger partial charge in [-0.1, -0.05) is 42.5 Å². The molecule has 0 aliphatic heterocycles. The van der Waals surface area contributed by atoms with Gasteiger partial charge in [0, 0.05) is 43.5 Å². The van der Waals surface area contributed by atoms with Crippen molar-refractivity contribution in [2.75, 3.05) is 28.2 Å². The first-order chi connectivity index (χ1) is 14.9. The van der Waals surface area contributed by atoms with Gasteiger partial charge in [-0.3, -0.25) is 0 Å². The first kappa shape index (κ1) is 24.8. The molecule has 0 aliphatic carbocycles. The predicted molar refractivity (Wildman–Crippen MR) is 134 cm³/mol. The third-order valence-corrected chi connectivity index (χ3v) is 9.86. The van der Waals surface area contributed by atoms with Gasteiger partial charge in [-0.15, -0.1) is 25.3 Å². The van der Waals surface area contributed by atoms with Crippen LogP contribution in [0.25, 0.3) is 22.3 Å². The molecule has 6 nitrogen and oxygen atoms in total. The summed E-state index contributed by atoms with van der Waals surface area (Å²) in [6, 6.07) is 17.4. The highest BCUT2D eigenvalue weighted by Gasteiger charge is 2.25. The van der Waals surface area contributed by atoms with E-state index >= 15 is 0 Å². The number of benzene rings is 3. The molecule has 0 bridgehead atoms. The van der Waals surface area contributed by atoms with Gasteiger partial charge in [0.2, 0.25) is 20.0 Å². The lowest BCUT2D eigenvalue weighted by Crippen LogP contribution is -2.23. The van der Waals surface area contributed by atoms with Crippen molar-refractivity contribution in [3.8, 4) is 22.3 Å². The summed E-state index contributed by atoms with van der Waals surface area (Å²) in [6.07, 6.45) is 0. The van der Waals surface area contributed by atoms with Crippen molar-refractivity contribution in [1.82, 2.24) is 8.61 Å². The average molecular weight is 509 g/mol. The van der Waals surface area contributed by atoms with Crippen LogP contribution in [-0.4, -0.2) is 53.6 Å². The summed E-state index contributed by atoms with van der Waals surface area (Å²) in [5.41, 5.74) is 2.82. The molecule has 0 aliphatic rings. The van der Waals surface area contributed by atoms with Gasteiger partial charge in [-0.05, 0) is 34.9 Å². The van der Waals surface area contributed by atoms with Gasteiger partial charge in [0.25, 0.3) is 0 Å². The zero-order valence-electron chi connectivity index (χ0n) is 18.0. The monoisotopic (exact) mass is 508 g/mol. The van der Waals surface area contributed by atoms with Crippen molar-refractivity contribution in [3.05, 3.63) is 60.7 Å². The van der Waals surface area contributed by atoms with Crippen LogP contribution in [0.4, 0.5) is 0 Å². The molecular formula is C22H24N2O4S4. The topological polar surface area (TPSA) is 74.8 Å². The summed E-state index contributed by atoms with van der Waals surface area (Å²) in [7, 11) is -1.52. The normalized spacial score (nSPS) is 12.5. The number of hydrogen-bond donors (Lipinski definition) is 2. The van der Waals surface area contributed by atoms with Gasteiger partial charge in [-0.25, -0.2) is 25.4 Å².